The van der Waals surface area contributed by atoms with Gasteiger partial charge in [0, 0.05) is 19.2 Å². The number of benzene rings is 4. The Bertz CT molecular complexity index is 1600. The Kier molecular flexibility index (Phi) is 7.80. The first-order valence-corrected chi connectivity index (χ1v) is 14.4. The Balaban J connectivity index is 1.25. The van der Waals surface area contributed by atoms with Gasteiger partial charge in [-0.05, 0) is 47.4 Å². The molecule has 0 bridgehead atoms. The average Bonchev–Trinajstić information content (AvgIpc) is 3.62. The lowest BCUT2D eigenvalue weighted by molar-refractivity contribution is 0.593. The minimum atomic E-state index is 0.156. The average molecular weight is 526 g/mol. The molecule has 1 atom stereocenters. The molecule has 1 aliphatic heterocycles. The zero-order chi connectivity index (χ0) is 27.1. The zero-order valence-corrected chi connectivity index (χ0v) is 23.0. The van der Waals surface area contributed by atoms with E-state index in [1.165, 1.54) is 30.4 Å². The molecule has 0 N–H and O–H groups in total. The van der Waals surface area contributed by atoms with Gasteiger partial charge in [0.1, 0.15) is 0 Å². The van der Waals surface area contributed by atoms with Crippen molar-refractivity contribution in [1.29, 1.82) is 0 Å². The predicted octanol–water partition coefficient (Wildman–Crippen LogP) is 8.72. The summed E-state index contributed by atoms with van der Waals surface area (Å²) in [5.41, 5.74) is 7.80. The molecule has 0 radical (unpaired) electrons. The topological polar surface area (TPSA) is 45.8 Å². The van der Waals surface area contributed by atoms with Gasteiger partial charge in [0.05, 0.1) is 28.5 Å². The van der Waals surface area contributed by atoms with Crippen LogP contribution >= 0.6 is 0 Å². The molecule has 0 unspecified atom stereocenters. The van der Waals surface area contributed by atoms with Crippen molar-refractivity contribution in [3.05, 3.63) is 126 Å². The molecule has 1 aliphatic rings. The van der Waals surface area contributed by atoms with Crippen molar-refractivity contribution >= 4 is 34.6 Å². The molecule has 0 saturated carbocycles. The summed E-state index contributed by atoms with van der Waals surface area (Å²) in [5.74, 6) is 0.766. The number of aromatic nitrogens is 2. The second kappa shape index (κ2) is 12.1. The van der Waals surface area contributed by atoms with Crippen LogP contribution in [0, 0.1) is 0 Å². The van der Waals surface area contributed by atoms with E-state index in [0.29, 0.717) is 0 Å². The zero-order valence-electron chi connectivity index (χ0n) is 23.0. The lowest BCUT2D eigenvalue weighted by Gasteiger charge is -2.24. The van der Waals surface area contributed by atoms with Crippen molar-refractivity contribution in [3.63, 3.8) is 0 Å². The first-order valence-electron chi connectivity index (χ1n) is 14.4. The normalized spacial score (nSPS) is 15.3. The van der Waals surface area contributed by atoms with Crippen molar-refractivity contribution in [3.8, 4) is 0 Å². The summed E-state index contributed by atoms with van der Waals surface area (Å²) in [4.78, 5) is 9.67. The molecule has 0 amide bonds. The third kappa shape index (κ3) is 5.59. The fourth-order valence-electron chi connectivity index (χ4n) is 5.41. The Morgan fingerprint density at radius 1 is 0.800 bits per heavy atom. The number of fused-ring (bicyclic) bond motifs is 1. The fraction of sp³-hybridized carbons (Fsp3) is 0.229. The first-order chi connectivity index (χ1) is 19.8. The van der Waals surface area contributed by atoms with E-state index >= 15 is 0 Å². The highest BCUT2D eigenvalue weighted by molar-refractivity contribution is 6.03. The molecule has 2 heterocycles. The van der Waals surface area contributed by atoms with Crippen LogP contribution in [0.15, 0.2) is 119 Å². The highest BCUT2D eigenvalue weighted by atomic mass is 15.5. The summed E-state index contributed by atoms with van der Waals surface area (Å²) in [6, 6.07) is 38.1. The Hall–Kier alpha value is -4.51. The van der Waals surface area contributed by atoms with Crippen molar-refractivity contribution in [2.24, 2.45) is 10.1 Å². The van der Waals surface area contributed by atoms with E-state index in [9.17, 15) is 0 Å². The van der Waals surface area contributed by atoms with Crippen LogP contribution in [0.5, 0.6) is 0 Å². The number of hydrogen-bond acceptors (Lipinski definition) is 4. The summed E-state index contributed by atoms with van der Waals surface area (Å²) < 4.78 is 2.25. The standard InChI is InChI=1S/C35H35N5/c1-2-3-4-13-24-39-33-19-12-11-18-31(33)37-35(39)36-26-27-20-22-30(23-21-27)40-34(29-16-9-6-10-17-29)25-32(38-40)28-14-7-5-8-15-28/h5-12,14-23,26,34H,2-4,13,24-25H2,1H3/t34-/m1/s1. The molecule has 4 aromatic carbocycles. The molecule has 1 aromatic heterocycles. The second-order valence-corrected chi connectivity index (χ2v) is 10.4. The van der Waals surface area contributed by atoms with Gasteiger partial charge in [-0.1, -0.05) is 111 Å². The van der Waals surface area contributed by atoms with Gasteiger partial charge < -0.3 is 4.57 Å². The minimum absolute atomic E-state index is 0.156. The van der Waals surface area contributed by atoms with Gasteiger partial charge in [-0.15, -0.1) is 0 Å². The number of anilines is 1. The lowest BCUT2D eigenvalue weighted by Crippen LogP contribution is -2.18. The Morgan fingerprint density at radius 3 is 2.30 bits per heavy atom. The Morgan fingerprint density at radius 2 is 1.52 bits per heavy atom. The maximum atomic E-state index is 5.09. The number of aryl methyl sites for hydroxylation is 1. The lowest BCUT2D eigenvalue weighted by atomic mass is 9.98. The van der Waals surface area contributed by atoms with Gasteiger partial charge in [-0.25, -0.2) is 9.98 Å². The van der Waals surface area contributed by atoms with Gasteiger partial charge in [-0.2, -0.15) is 5.10 Å². The summed E-state index contributed by atoms with van der Waals surface area (Å²) >= 11 is 0. The van der Waals surface area contributed by atoms with Crippen molar-refractivity contribution < 1.29 is 0 Å². The van der Waals surface area contributed by atoms with Crippen LogP contribution in [-0.2, 0) is 6.54 Å². The van der Waals surface area contributed by atoms with Gasteiger partial charge in [0.2, 0.25) is 5.95 Å². The summed E-state index contributed by atoms with van der Waals surface area (Å²) in [6.07, 6.45) is 7.64. The predicted molar refractivity (Wildman–Crippen MR) is 167 cm³/mol. The van der Waals surface area contributed by atoms with Gasteiger partial charge in [-0.3, -0.25) is 5.01 Å². The van der Waals surface area contributed by atoms with E-state index in [0.717, 1.165) is 53.3 Å². The van der Waals surface area contributed by atoms with Crippen LogP contribution in [0.3, 0.4) is 0 Å². The maximum Gasteiger partial charge on any atom is 0.230 e. The number of hydrogen-bond donors (Lipinski definition) is 0. The van der Waals surface area contributed by atoms with Crippen LogP contribution in [0.4, 0.5) is 11.6 Å². The van der Waals surface area contributed by atoms with Gasteiger partial charge in [0.25, 0.3) is 0 Å². The number of para-hydroxylation sites is 2. The minimum Gasteiger partial charge on any atom is -0.308 e. The summed E-state index contributed by atoms with van der Waals surface area (Å²) in [5, 5.41) is 7.25. The number of aliphatic imine (C=N–C) groups is 1. The number of unbranched alkanes of at least 4 members (excludes halogenated alkanes) is 3. The highest BCUT2D eigenvalue weighted by Gasteiger charge is 2.29. The Labute approximate surface area is 236 Å². The molecule has 0 aliphatic carbocycles. The quantitative estimate of drug-likeness (QED) is 0.135. The number of rotatable bonds is 10. The fourth-order valence-corrected chi connectivity index (χ4v) is 5.41. The molecule has 40 heavy (non-hydrogen) atoms. The van der Waals surface area contributed by atoms with Crippen LogP contribution < -0.4 is 5.01 Å². The molecule has 0 fully saturated rings. The number of imidazole rings is 1. The van der Waals surface area contributed by atoms with Crippen molar-refractivity contribution in [2.75, 3.05) is 5.01 Å². The highest BCUT2D eigenvalue weighted by Crippen LogP contribution is 2.36. The van der Waals surface area contributed by atoms with Crippen LogP contribution in [0.25, 0.3) is 11.0 Å². The smallest absolute Gasteiger partial charge is 0.230 e. The molecule has 5 aromatic rings. The van der Waals surface area contributed by atoms with Crippen LogP contribution in [-0.4, -0.2) is 21.5 Å². The number of hydrazone groups is 1. The summed E-state index contributed by atoms with van der Waals surface area (Å²) in [6.45, 7) is 3.18. The molecule has 200 valence electrons. The molecule has 0 saturated heterocycles. The molecular weight excluding hydrogens is 490 g/mol. The van der Waals surface area contributed by atoms with E-state index in [1.54, 1.807) is 0 Å². The van der Waals surface area contributed by atoms with Crippen molar-refractivity contribution in [2.45, 2.75) is 51.6 Å². The number of nitrogens with zero attached hydrogens (tertiary/aromatic N) is 5. The van der Waals surface area contributed by atoms with Crippen LogP contribution in [0.2, 0.25) is 0 Å². The van der Waals surface area contributed by atoms with Crippen LogP contribution in [0.1, 0.15) is 61.8 Å². The third-order valence-corrected chi connectivity index (χ3v) is 7.56. The third-order valence-electron chi connectivity index (χ3n) is 7.56. The monoisotopic (exact) mass is 525 g/mol. The molecule has 5 nitrogen and oxygen atoms in total. The molecule has 5 heteroatoms. The molecule has 6 rings (SSSR count). The summed E-state index contributed by atoms with van der Waals surface area (Å²) in [7, 11) is 0. The van der Waals surface area contributed by atoms with Crippen molar-refractivity contribution in [1.82, 2.24) is 9.55 Å². The van der Waals surface area contributed by atoms with Gasteiger partial charge >= 0.3 is 0 Å². The van der Waals surface area contributed by atoms with E-state index in [-0.39, 0.29) is 6.04 Å². The second-order valence-electron chi connectivity index (χ2n) is 10.4. The first kappa shape index (κ1) is 25.8. The molecule has 0 spiro atoms. The van der Waals surface area contributed by atoms with E-state index in [2.05, 4.69) is 114 Å². The van der Waals surface area contributed by atoms with E-state index < -0.39 is 0 Å². The largest absolute Gasteiger partial charge is 0.308 e. The SMILES string of the molecule is CCCCCCn1c(N=Cc2ccc(N3N=C(c4ccccc4)C[C@@H]3c3ccccc3)cc2)nc2ccccc21. The van der Waals surface area contributed by atoms with E-state index in [4.69, 9.17) is 15.1 Å². The van der Waals surface area contributed by atoms with E-state index in [1.807, 2.05) is 18.3 Å². The molecular formula is C35H35N5. The maximum absolute atomic E-state index is 5.09. The van der Waals surface area contributed by atoms with Gasteiger partial charge in [0.15, 0.2) is 0 Å².